The molecule has 0 aliphatic heterocycles. The SMILES string of the molecule is CC(=O)c1ccc(-n2cnc(Cl)c2Cl)cc1. The summed E-state index contributed by atoms with van der Waals surface area (Å²) in [4.78, 5) is 15.0. The molecule has 0 unspecified atom stereocenters. The molecule has 0 amide bonds. The van der Waals surface area contributed by atoms with E-state index in [-0.39, 0.29) is 10.9 Å². The van der Waals surface area contributed by atoms with E-state index < -0.39 is 0 Å². The van der Waals surface area contributed by atoms with Crippen molar-refractivity contribution in [2.45, 2.75) is 6.92 Å². The van der Waals surface area contributed by atoms with Gasteiger partial charge in [-0.05, 0) is 31.2 Å². The highest BCUT2D eigenvalue weighted by Crippen LogP contribution is 2.23. The van der Waals surface area contributed by atoms with Gasteiger partial charge in [-0.2, -0.15) is 0 Å². The van der Waals surface area contributed by atoms with Crippen molar-refractivity contribution in [1.29, 1.82) is 0 Å². The molecular formula is C11H8Cl2N2O. The van der Waals surface area contributed by atoms with Gasteiger partial charge in [-0.1, -0.05) is 23.2 Å². The van der Waals surface area contributed by atoms with Crippen molar-refractivity contribution < 1.29 is 4.79 Å². The molecule has 0 bridgehead atoms. The third-order valence-corrected chi connectivity index (χ3v) is 2.95. The number of nitrogens with zero attached hydrogens (tertiary/aromatic N) is 2. The average Bonchev–Trinajstić information content (AvgIpc) is 2.60. The number of benzene rings is 1. The standard InChI is InChI=1S/C11H8Cl2N2O/c1-7(16)8-2-4-9(5-3-8)15-6-14-10(12)11(15)13/h2-6H,1H3. The Balaban J connectivity index is 2.42. The minimum Gasteiger partial charge on any atom is -0.295 e. The molecule has 2 aromatic rings. The zero-order valence-electron chi connectivity index (χ0n) is 8.45. The summed E-state index contributed by atoms with van der Waals surface area (Å²) >= 11 is 11.7. The zero-order valence-corrected chi connectivity index (χ0v) is 9.96. The number of carbonyl (C=O) groups excluding carboxylic acids is 1. The molecule has 0 atom stereocenters. The summed E-state index contributed by atoms with van der Waals surface area (Å²) in [6.07, 6.45) is 1.54. The van der Waals surface area contributed by atoms with Crippen molar-refractivity contribution in [3.8, 4) is 5.69 Å². The average molecular weight is 255 g/mol. The first-order valence-electron chi connectivity index (χ1n) is 4.59. The number of hydrogen-bond donors (Lipinski definition) is 0. The summed E-state index contributed by atoms with van der Waals surface area (Å²) in [6, 6.07) is 7.06. The summed E-state index contributed by atoms with van der Waals surface area (Å²) in [7, 11) is 0. The van der Waals surface area contributed by atoms with Gasteiger partial charge >= 0.3 is 0 Å². The number of aromatic nitrogens is 2. The first-order valence-corrected chi connectivity index (χ1v) is 5.35. The summed E-state index contributed by atoms with van der Waals surface area (Å²) in [5.74, 6) is 0.0290. The Morgan fingerprint density at radius 3 is 2.31 bits per heavy atom. The molecule has 0 aliphatic carbocycles. The number of halogens is 2. The Hall–Kier alpha value is -1.32. The number of ketones is 1. The predicted molar refractivity (Wildman–Crippen MR) is 63.6 cm³/mol. The van der Waals surface area contributed by atoms with E-state index in [0.29, 0.717) is 10.7 Å². The molecule has 1 aromatic carbocycles. The van der Waals surface area contributed by atoms with Gasteiger partial charge in [-0.15, -0.1) is 0 Å². The molecule has 82 valence electrons. The molecule has 5 heteroatoms. The van der Waals surface area contributed by atoms with Crippen LogP contribution in [0.2, 0.25) is 10.3 Å². The third kappa shape index (κ3) is 1.96. The number of hydrogen-bond acceptors (Lipinski definition) is 2. The minimum atomic E-state index is 0.0290. The van der Waals surface area contributed by atoms with E-state index in [9.17, 15) is 4.79 Å². The number of carbonyl (C=O) groups is 1. The number of imidazole rings is 1. The Morgan fingerprint density at radius 1 is 1.25 bits per heavy atom. The van der Waals surface area contributed by atoms with E-state index in [2.05, 4.69) is 4.98 Å². The third-order valence-electron chi connectivity index (χ3n) is 2.22. The van der Waals surface area contributed by atoms with Crippen LogP contribution in [0.15, 0.2) is 30.6 Å². The van der Waals surface area contributed by atoms with Gasteiger partial charge < -0.3 is 0 Å². The molecule has 0 fully saturated rings. The fourth-order valence-electron chi connectivity index (χ4n) is 1.35. The second kappa shape index (κ2) is 4.28. The fourth-order valence-corrected chi connectivity index (χ4v) is 1.67. The van der Waals surface area contributed by atoms with Gasteiger partial charge in [0.05, 0.1) is 0 Å². The van der Waals surface area contributed by atoms with Crippen molar-refractivity contribution >= 4 is 29.0 Å². The molecule has 0 N–H and O–H groups in total. The van der Waals surface area contributed by atoms with Crippen LogP contribution in [0.1, 0.15) is 17.3 Å². The molecule has 2 rings (SSSR count). The maximum absolute atomic E-state index is 11.1. The minimum absolute atomic E-state index is 0.0290. The van der Waals surface area contributed by atoms with Crippen LogP contribution in [-0.2, 0) is 0 Å². The Bertz CT molecular complexity index is 531. The monoisotopic (exact) mass is 254 g/mol. The first kappa shape index (κ1) is 11.2. The summed E-state index contributed by atoms with van der Waals surface area (Å²) in [6.45, 7) is 1.52. The lowest BCUT2D eigenvalue weighted by atomic mass is 10.1. The highest BCUT2D eigenvalue weighted by Gasteiger charge is 2.08. The Morgan fingerprint density at radius 2 is 1.88 bits per heavy atom. The van der Waals surface area contributed by atoms with Crippen LogP contribution in [0.4, 0.5) is 0 Å². The van der Waals surface area contributed by atoms with Crippen LogP contribution in [0.3, 0.4) is 0 Å². The summed E-state index contributed by atoms with van der Waals surface area (Å²) < 4.78 is 1.65. The lowest BCUT2D eigenvalue weighted by Crippen LogP contribution is -1.95. The topological polar surface area (TPSA) is 34.9 Å². The second-order valence-corrected chi connectivity index (χ2v) is 4.02. The van der Waals surface area contributed by atoms with Crippen molar-refractivity contribution in [2.24, 2.45) is 0 Å². The van der Waals surface area contributed by atoms with Crippen LogP contribution in [0.25, 0.3) is 5.69 Å². The van der Waals surface area contributed by atoms with Crippen LogP contribution < -0.4 is 0 Å². The molecule has 0 saturated carbocycles. The number of rotatable bonds is 2. The molecule has 0 saturated heterocycles. The molecule has 1 heterocycles. The molecule has 0 radical (unpaired) electrons. The van der Waals surface area contributed by atoms with Gasteiger partial charge in [-0.3, -0.25) is 9.36 Å². The van der Waals surface area contributed by atoms with Crippen LogP contribution in [0.5, 0.6) is 0 Å². The first-order chi connectivity index (χ1) is 7.59. The van der Waals surface area contributed by atoms with Crippen molar-refractivity contribution in [1.82, 2.24) is 9.55 Å². The van der Waals surface area contributed by atoms with E-state index in [1.807, 2.05) is 0 Å². The predicted octanol–water partition coefficient (Wildman–Crippen LogP) is 3.38. The maximum Gasteiger partial charge on any atom is 0.166 e. The summed E-state index contributed by atoms with van der Waals surface area (Å²) in [5.41, 5.74) is 1.47. The number of Topliss-reactive ketones (excluding diaryl/α,β-unsaturated/α-hetero) is 1. The van der Waals surface area contributed by atoms with Gasteiger partial charge in [0.2, 0.25) is 0 Å². The van der Waals surface area contributed by atoms with Gasteiger partial charge in [0.15, 0.2) is 16.1 Å². The van der Waals surface area contributed by atoms with E-state index in [4.69, 9.17) is 23.2 Å². The van der Waals surface area contributed by atoms with Crippen LogP contribution in [-0.4, -0.2) is 15.3 Å². The van der Waals surface area contributed by atoms with Crippen LogP contribution in [0, 0.1) is 0 Å². The Labute approximate surface area is 103 Å². The highest BCUT2D eigenvalue weighted by molar-refractivity contribution is 6.40. The van der Waals surface area contributed by atoms with E-state index in [1.54, 1.807) is 28.8 Å². The van der Waals surface area contributed by atoms with Gasteiger partial charge in [0, 0.05) is 11.3 Å². The largest absolute Gasteiger partial charge is 0.295 e. The van der Waals surface area contributed by atoms with Crippen molar-refractivity contribution in [3.05, 3.63) is 46.5 Å². The summed E-state index contributed by atoms with van der Waals surface area (Å²) in [5, 5.41) is 0.620. The lowest BCUT2D eigenvalue weighted by molar-refractivity contribution is 0.101. The lowest BCUT2D eigenvalue weighted by Gasteiger charge is -2.04. The molecule has 0 spiro atoms. The molecule has 16 heavy (non-hydrogen) atoms. The van der Waals surface area contributed by atoms with Crippen LogP contribution >= 0.6 is 23.2 Å². The van der Waals surface area contributed by atoms with E-state index in [0.717, 1.165) is 5.69 Å². The van der Waals surface area contributed by atoms with E-state index >= 15 is 0 Å². The molecular weight excluding hydrogens is 247 g/mol. The fraction of sp³-hybridized carbons (Fsp3) is 0.0909. The van der Waals surface area contributed by atoms with Gasteiger partial charge in [-0.25, -0.2) is 4.98 Å². The van der Waals surface area contributed by atoms with E-state index in [1.165, 1.54) is 13.3 Å². The quantitative estimate of drug-likeness (QED) is 0.771. The van der Waals surface area contributed by atoms with Gasteiger partial charge in [0.1, 0.15) is 6.33 Å². The van der Waals surface area contributed by atoms with Crippen molar-refractivity contribution in [3.63, 3.8) is 0 Å². The van der Waals surface area contributed by atoms with Crippen molar-refractivity contribution in [2.75, 3.05) is 0 Å². The molecule has 1 aromatic heterocycles. The highest BCUT2D eigenvalue weighted by atomic mass is 35.5. The van der Waals surface area contributed by atoms with Gasteiger partial charge in [0.25, 0.3) is 0 Å². The molecule has 0 aliphatic rings. The Kier molecular flexibility index (Phi) is 2.99. The normalized spacial score (nSPS) is 10.4. The molecule has 3 nitrogen and oxygen atoms in total. The maximum atomic E-state index is 11.1. The smallest absolute Gasteiger partial charge is 0.166 e. The second-order valence-electron chi connectivity index (χ2n) is 3.30. The zero-order chi connectivity index (χ0) is 11.7.